The second kappa shape index (κ2) is 5.11. The Bertz CT molecular complexity index is 617. The second-order valence-electron chi connectivity index (χ2n) is 6.09. The summed E-state index contributed by atoms with van der Waals surface area (Å²) >= 11 is 0. The highest BCUT2D eigenvalue weighted by molar-refractivity contribution is 6.51. The summed E-state index contributed by atoms with van der Waals surface area (Å²) < 4.78 is 5.81. The van der Waals surface area contributed by atoms with Crippen LogP contribution in [0, 0.1) is 0 Å². The summed E-state index contributed by atoms with van der Waals surface area (Å²) in [5.41, 5.74) is 6.06. The molecule has 0 bridgehead atoms. The average Bonchev–Trinajstić information content (AvgIpc) is 2.37. The molecular weight excluding hydrogens is 249 g/mol. The third-order valence-corrected chi connectivity index (χ3v) is 3.95. The van der Waals surface area contributed by atoms with Crippen molar-refractivity contribution in [2.24, 2.45) is 0 Å². The Morgan fingerprint density at radius 2 is 1.60 bits per heavy atom. The summed E-state index contributed by atoms with van der Waals surface area (Å²) in [5.74, 6) is 0. The van der Waals surface area contributed by atoms with E-state index in [2.05, 4.69) is 0 Å². The van der Waals surface area contributed by atoms with Crippen LogP contribution in [-0.2, 0) is 4.65 Å². The Morgan fingerprint density at radius 3 is 2.20 bits per heavy atom. The van der Waals surface area contributed by atoms with Gasteiger partial charge in [0.2, 0.25) is 0 Å². The van der Waals surface area contributed by atoms with E-state index in [-0.39, 0.29) is 0 Å². The fraction of sp³-hybridized carbons (Fsp3) is 0.375. The standard InChI is InChI=1S/C16H21BNO2/c1-15(2,19)16(3,4)20-17-13-9-10-14(18)12-8-6-5-7-11(12)13/h5-10,19H,18H2,1-4H3. The van der Waals surface area contributed by atoms with Gasteiger partial charge in [0.05, 0.1) is 11.2 Å². The zero-order valence-corrected chi connectivity index (χ0v) is 12.5. The molecule has 1 radical (unpaired) electrons. The number of rotatable bonds is 4. The van der Waals surface area contributed by atoms with Crippen LogP contribution in [0.4, 0.5) is 5.69 Å². The van der Waals surface area contributed by atoms with Crippen LogP contribution in [0.1, 0.15) is 27.7 Å². The molecule has 0 aliphatic heterocycles. The van der Waals surface area contributed by atoms with Crippen molar-refractivity contribution in [2.75, 3.05) is 5.73 Å². The topological polar surface area (TPSA) is 55.5 Å². The highest BCUT2D eigenvalue weighted by atomic mass is 16.5. The van der Waals surface area contributed by atoms with Gasteiger partial charge in [0.25, 0.3) is 0 Å². The third kappa shape index (κ3) is 2.81. The summed E-state index contributed by atoms with van der Waals surface area (Å²) in [7, 11) is 1.69. The van der Waals surface area contributed by atoms with Crippen molar-refractivity contribution in [3.05, 3.63) is 36.4 Å². The van der Waals surface area contributed by atoms with Crippen molar-refractivity contribution < 1.29 is 9.76 Å². The van der Waals surface area contributed by atoms with Crippen molar-refractivity contribution >= 4 is 29.4 Å². The van der Waals surface area contributed by atoms with E-state index in [0.29, 0.717) is 0 Å². The highest BCUT2D eigenvalue weighted by Crippen LogP contribution is 2.25. The highest BCUT2D eigenvalue weighted by Gasteiger charge is 2.35. The van der Waals surface area contributed by atoms with Crippen LogP contribution in [-0.4, -0.2) is 23.8 Å². The summed E-state index contributed by atoms with van der Waals surface area (Å²) in [6, 6.07) is 11.7. The van der Waals surface area contributed by atoms with Crippen LogP contribution < -0.4 is 11.2 Å². The number of benzene rings is 2. The summed E-state index contributed by atoms with van der Waals surface area (Å²) in [5, 5.41) is 12.2. The molecule has 20 heavy (non-hydrogen) atoms. The molecule has 0 saturated carbocycles. The minimum absolute atomic E-state index is 0.685. The summed E-state index contributed by atoms with van der Waals surface area (Å²) in [4.78, 5) is 0. The van der Waals surface area contributed by atoms with Gasteiger partial charge in [-0.05, 0) is 44.6 Å². The fourth-order valence-electron chi connectivity index (χ4n) is 1.80. The molecule has 0 aliphatic rings. The van der Waals surface area contributed by atoms with Crippen LogP contribution in [0.5, 0.6) is 0 Å². The minimum Gasteiger partial charge on any atom is -0.427 e. The lowest BCUT2D eigenvalue weighted by Gasteiger charge is -2.37. The van der Waals surface area contributed by atoms with Gasteiger partial charge in [-0.1, -0.05) is 30.3 Å². The van der Waals surface area contributed by atoms with E-state index in [1.807, 2.05) is 50.2 Å². The molecule has 0 saturated heterocycles. The van der Waals surface area contributed by atoms with E-state index >= 15 is 0 Å². The number of hydrogen-bond donors (Lipinski definition) is 2. The molecule has 105 valence electrons. The van der Waals surface area contributed by atoms with Gasteiger partial charge >= 0.3 is 7.48 Å². The minimum atomic E-state index is -0.937. The van der Waals surface area contributed by atoms with E-state index in [1.54, 1.807) is 21.3 Å². The maximum atomic E-state index is 10.1. The fourth-order valence-corrected chi connectivity index (χ4v) is 1.80. The quantitative estimate of drug-likeness (QED) is 0.661. The number of nitrogens with two attached hydrogens (primary N) is 1. The zero-order valence-electron chi connectivity index (χ0n) is 12.5. The maximum Gasteiger partial charge on any atom is 0.331 e. The number of anilines is 1. The molecule has 0 fully saturated rings. The van der Waals surface area contributed by atoms with Crippen LogP contribution in [0.25, 0.3) is 10.8 Å². The van der Waals surface area contributed by atoms with Gasteiger partial charge < -0.3 is 15.5 Å². The second-order valence-corrected chi connectivity index (χ2v) is 6.09. The lowest BCUT2D eigenvalue weighted by Crippen LogP contribution is -2.49. The van der Waals surface area contributed by atoms with Gasteiger partial charge in [-0.15, -0.1) is 0 Å². The van der Waals surface area contributed by atoms with Gasteiger partial charge in [-0.3, -0.25) is 0 Å². The number of aliphatic hydroxyl groups is 1. The van der Waals surface area contributed by atoms with Gasteiger partial charge in [0.15, 0.2) is 0 Å². The Labute approximate surface area is 121 Å². The first-order valence-electron chi connectivity index (χ1n) is 6.73. The first-order chi connectivity index (χ1) is 9.22. The first-order valence-corrected chi connectivity index (χ1v) is 6.73. The zero-order chi connectivity index (χ0) is 15.0. The van der Waals surface area contributed by atoms with Crippen molar-refractivity contribution in [3.63, 3.8) is 0 Å². The van der Waals surface area contributed by atoms with E-state index in [9.17, 15) is 5.11 Å². The van der Waals surface area contributed by atoms with E-state index in [0.717, 1.165) is 21.9 Å². The molecule has 2 rings (SSSR count). The first kappa shape index (κ1) is 14.9. The molecule has 4 heteroatoms. The van der Waals surface area contributed by atoms with Crippen LogP contribution in [0.3, 0.4) is 0 Å². The Morgan fingerprint density at radius 1 is 1.00 bits per heavy atom. The number of nitrogen functional groups attached to an aromatic ring is 1. The SMILES string of the molecule is CC(C)(O)C(C)(C)O[B]c1ccc(N)c2ccccc12. The predicted molar refractivity (Wildman–Crippen MR) is 85.2 cm³/mol. The largest absolute Gasteiger partial charge is 0.427 e. The summed E-state index contributed by atoms with van der Waals surface area (Å²) in [6.45, 7) is 7.20. The predicted octanol–water partition coefficient (Wildman–Crippen LogP) is 2.23. The molecular formula is C16H21BNO2. The van der Waals surface area contributed by atoms with Crippen molar-refractivity contribution in [1.29, 1.82) is 0 Å². The molecule has 0 heterocycles. The van der Waals surface area contributed by atoms with E-state index in [1.165, 1.54) is 0 Å². The molecule has 0 spiro atoms. The Hall–Kier alpha value is -1.52. The maximum absolute atomic E-state index is 10.1. The molecule has 0 atom stereocenters. The molecule has 2 aromatic rings. The number of fused-ring (bicyclic) bond motifs is 1. The van der Waals surface area contributed by atoms with Gasteiger partial charge in [-0.2, -0.15) is 0 Å². The number of hydrogen-bond acceptors (Lipinski definition) is 3. The van der Waals surface area contributed by atoms with Crippen molar-refractivity contribution in [1.82, 2.24) is 0 Å². The molecule has 2 aromatic carbocycles. The molecule has 0 amide bonds. The van der Waals surface area contributed by atoms with Crippen molar-refractivity contribution in [3.8, 4) is 0 Å². The van der Waals surface area contributed by atoms with Gasteiger partial charge in [-0.25, -0.2) is 0 Å². The molecule has 0 unspecified atom stereocenters. The lowest BCUT2D eigenvalue weighted by molar-refractivity contribution is -0.0893. The van der Waals surface area contributed by atoms with Crippen molar-refractivity contribution in [2.45, 2.75) is 38.9 Å². The molecule has 3 nitrogen and oxygen atoms in total. The monoisotopic (exact) mass is 270 g/mol. The van der Waals surface area contributed by atoms with Crippen LogP contribution in [0.2, 0.25) is 0 Å². The normalized spacial score (nSPS) is 12.7. The average molecular weight is 270 g/mol. The Kier molecular flexibility index (Phi) is 3.81. The van der Waals surface area contributed by atoms with Crippen LogP contribution in [0.15, 0.2) is 36.4 Å². The molecule has 0 aliphatic carbocycles. The molecule has 3 N–H and O–H groups in total. The van der Waals surface area contributed by atoms with E-state index < -0.39 is 11.2 Å². The molecule has 0 aromatic heterocycles. The third-order valence-electron chi connectivity index (χ3n) is 3.95. The van der Waals surface area contributed by atoms with Crippen LogP contribution >= 0.6 is 0 Å². The van der Waals surface area contributed by atoms with Gasteiger partial charge in [0.1, 0.15) is 0 Å². The summed E-state index contributed by atoms with van der Waals surface area (Å²) in [6.07, 6.45) is 0. The lowest BCUT2D eigenvalue weighted by atomic mass is 9.80. The smallest absolute Gasteiger partial charge is 0.331 e. The Balaban J connectivity index is 2.30. The van der Waals surface area contributed by atoms with E-state index in [4.69, 9.17) is 10.4 Å². The van der Waals surface area contributed by atoms with Gasteiger partial charge in [0, 0.05) is 11.1 Å².